The van der Waals surface area contributed by atoms with Gasteiger partial charge in [0.05, 0.1) is 12.6 Å². The first kappa shape index (κ1) is 11.3. The van der Waals surface area contributed by atoms with Crippen LogP contribution in [0.15, 0.2) is 30.3 Å². The van der Waals surface area contributed by atoms with Crippen LogP contribution in [0.25, 0.3) is 0 Å². The van der Waals surface area contributed by atoms with E-state index in [1.54, 1.807) is 0 Å². The molecule has 1 atom stereocenters. The topological polar surface area (TPSA) is 40.5 Å². The highest BCUT2D eigenvalue weighted by Crippen LogP contribution is 2.09. The Bertz CT molecular complexity index is 350. The maximum absolute atomic E-state index is 11.8. The molecular weight excluding hydrogens is 202 g/mol. The maximum Gasteiger partial charge on any atom is 0.151 e. The van der Waals surface area contributed by atoms with Crippen LogP contribution in [0.2, 0.25) is 0 Å². The van der Waals surface area contributed by atoms with E-state index in [-0.39, 0.29) is 11.9 Å². The molecule has 1 N–H and O–H groups in total. The Hall–Kier alpha value is -1.19. The quantitative estimate of drug-likeness (QED) is 0.816. The second-order valence-corrected chi connectivity index (χ2v) is 4.38. The summed E-state index contributed by atoms with van der Waals surface area (Å²) >= 11 is 0. The fourth-order valence-corrected chi connectivity index (χ4v) is 2.08. The molecule has 16 heavy (non-hydrogen) atoms. The molecule has 3 nitrogen and oxygen atoms in total. The van der Waals surface area contributed by atoms with Crippen molar-refractivity contribution in [2.45, 2.75) is 18.9 Å². The lowest BCUT2D eigenvalue weighted by Gasteiger charge is -2.13. The van der Waals surface area contributed by atoms with E-state index in [2.05, 4.69) is 0 Å². The summed E-state index contributed by atoms with van der Waals surface area (Å²) in [5, 5.41) is 9.35. The van der Waals surface area contributed by atoms with Gasteiger partial charge >= 0.3 is 0 Å². The lowest BCUT2D eigenvalue weighted by atomic mass is 10.1. The Balaban J connectivity index is 1.81. The van der Waals surface area contributed by atoms with Crippen LogP contribution >= 0.6 is 0 Å². The van der Waals surface area contributed by atoms with Crippen molar-refractivity contribution in [3.8, 4) is 0 Å². The van der Waals surface area contributed by atoms with Crippen molar-refractivity contribution >= 4 is 5.78 Å². The van der Waals surface area contributed by atoms with Gasteiger partial charge in [0.2, 0.25) is 0 Å². The van der Waals surface area contributed by atoms with Crippen molar-refractivity contribution < 1.29 is 9.90 Å². The number of ketones is 1. The molecule has 0 bridgehead atoms. The third kappa shape index (κ3) is 3.15. The molecule has 0 aromatic heterocycles. The first-order chi connectivity index (χ1) is 7.74. The van der Waals surface area contributed by atoms with Crippen LogP contribution in [0.4, 0.5) is 0 Å². The summed E-state index contributed by atoms with van der Waals surface area (Å²) in [7, 11) is 0. The van der Waals surface area contributed by atoms with Crippen molar-refractivity contribution in [3.05, 3.63) is 35.9 Å². The lowest BCUT2D eigenvalue weighted by molar-refractivity contribution is -0.119. The Morgan fingerprint density at radius 3 is 2.75 bits per heavy atom. The number of carbonyl (C=O) groups is 1. The molecule has 3 heteroatoms. The van der Waals surface area contributed by atoms with Crippen LogP contribution in [-0.4, -0.2) is 41.5 Å². The van der Waals surface area contributed by atoms with E-state index in [0.29, 0.717) is 19.5 Å². The number of carbonyl (C=O) groups excluding carboxylic acids is 1. The first-order valence-electron chi connectivity index (χ1n) is 5.70. The molecule has 86 valence electrons. The molecule has 1 aliphatic heterocycles. The molecule has 1 fully saturated rings. The van der Waals surface area contributed by atoms with Gasteiger partial charge in [-0.2, -0.15) is 0 Å². The lowest BCUT2D eigenvalue weighted by Crippen LogP contribution is -2.29. The van der Waals surface area contributed by atoms with Gasteiger partial charge in [-0.1, -0.05) is 30.3 Å². The highest BCUT2D eigenvalue weighted by Gasteiger charge is 2.21. The molecule has 1 aliphatic rings. The summed E-state index contributed by atoms with van der Waals surface area (Å²) in [5.74, 6) is 0.223. The van der Waals surface area contributed by atoms with Gasteiger partial charge in [-0.3, -0.25) is 9.69 Å². The van der Waals surface area contributed by atoms with Crippen LogP contribution in [0.3, 0.4) is 0 Å². The number of nitrogens with zero attached hydrogens (tertiary/aromatic N) is 1. The van der Waals surface area contributed by atoms with Crippen LogP contribution in [0, 0.1) is 0 Å². The van der Waals surface area contributed by atoms with E-state index in [9.17, 15) is 9.90 Å². The molecule has 0 spiro atoms. The third-order valence-electron chi connectivity index (χ3n) is 2.89. The monoisotopic (exact) mass is 219 g/mol. The number of hydrogen-bond donors (Lipinski definition) is 1. The van der Waals surface area contributed by atoms with Crippen LogP contribution < -0.4 is 0 Å². The standard InChI is InChI=1S/C13H17NO2/c15-12-6-7-14(9-12)10-13(16)8-11-4-2-1-3-5-11/h1-5,12,15H,6-10H2. The summed E-state index contributed by atoms with van der Waals surface area (Å²) in [6.07, 6.45) is 1.04. The van der Waals surface area contributed by atoms with Crippen LogP contribution in [0.1, 0.15) is 12.0 Å². The number of aliphatic hydroxyl groups excluding tert-OH is 1. The molecule has 0 aliphatic carbocycles. The Labute approximate surface area is 95.7 Å². The predicted octanol–water partition coefficient (Wildman–Crippen LogP) is 0.865. The molecule has 1 aromatic rings. The fraction of sp³-hybridized carbons (Fsp3) is 0.462. The molecular formula is C13H17NO2. The van der Waals surface area contributed by atoms with E-state index in [0.717, 1.165) is 18.5 Å². The molecule has 0 amide bonds. The van der Waals surface area contributed by atoms with E-state index in [4.69, 9.17) is 0 Å². The normalized spacial score (nSPS) is 21.2. The number of β-amino-alcohol motifs (C(OH)–C–C–N with tert-alkyl or cyclic N) is 1. The Morgan fingerprint density at radius 2 is 2.12 bits per heavy atom. The summed E-state index contributed by atoms with van der Waals surface area (Å²) in [5.41, 5.74) is 1.06. The minimum Gasteiger partial charge on any atom is -0.392 e. The Morgan fingerprint density at radius 1 is 1.38 bits per heavy atom. The van der Waals surface area contributed by atoms with Gasteiger partial charge in [-0.15, -0.1) is 0 Å². The predicted molar refractivity (Wildman–Crippen MR) is 62.2 cm³/mol. The largest absolute Gasteiger partial charge is 0.392 e. The summed E-state index contributed by atoms with van der Waals surface area (Å²) in [6, 6.07) is 9.78. The number of aliphatic hydroxyl groups is 1. The Kier molecular flexibility index (Phi) is 3.70. The zero-order valence-electron chi connectivity index (χ0n) is 9.30. The first-order valence-corrected chi connectivity index (χ1v) is 5.70. The van der Waals surface area contributed by atoms with E-state index < -0.39 is 0 Å². The maximum atomic E-state index is 11.8. The average molecular weight is 219 g/mol. The zero-order valence-corrected chi connectivity index (χ0v) is 9.30. The van der Waals surface area contributed by atoms with E-state index in [1.807, 2.05) is 35.2 Å². The molecule has 1 heterocycles. The number of hydrogen-bond acceptors (Lipinski definition) is 3. The van der Waals surface area contributed by atoms with Gasteiger partial charge in [0.15, 0.2) is 5.78 Å². The summed E-state index contributed by atoms with van der Waals surface area (Å²) in [4.78, 5) is 13.8. The van der Waals surface area contributed by atoms with Crippen molar-refractivity contribution in [1.82, 2.24) is 4.90 Å². The molecule has 0 radical (unpaired) electrons. The third-order valence-corrected chi connectivity index (χ3v) is 2.89. The summed E-state index contributed by atoms with van der Waals surface area (Å²) < 4.78 is 0. The number of likely N-dealkylation sites (tertiary alicyclic amines) is 1. The van der Waals surface area contributed by atoms with Crippen molar-refractivity contribution in [2.75, 3.05) is 19.6 Å². The molecule has 1 unspecified atom stereocenters. The van der Waals surface area contributed by atoms with Crippen molar-refractivity contribution in [2.24, 2.45) is 0 Å². The smallest absolute Gasteiger partial charge is 0.151 e. The van der Waals surface area contributed by atoms with Gasteiger partial charge in [0.25, 0.3) is 0 Å². The highest BCUT2D eigenvalue weighted by atomic mass is 16.3. The molecule has 1 aromatic carbocycles. The zero-order chi connectivity index (χ0) is 11.4. The molecule has 2 rings (SSSR count). The van der Waals surface area contributed by atoms with Crippen molar-refractivity contribution in [1.29, 1.82) is 0 Å². The van der Waals surface area contributed by atoms with Gasteiger partial charge in [0, 0.05) is 19.5 Å². The fourth-order valence-electron chi connectivity index (χ4n) is 2.08. The van der Waals surface area contributed by atoms with Crippen LogP contribution in [-0.2, 0) is 11.2 Å². The average Bonchev–Trinajstić information content (AvgIpc) is 2.65. The second kappa shape index (κ2) is 5.23. The van der Waals surface area contributed by atoms with Gasteiger partial charge in [-0.05, 0) is 12.0 Å². The number of benzene rings is 1. The van der Waals surface area contributed by atoms with Gasteiger partial charge in [0.1, 0.15) is 0 Å². The molecule has 0 saturated carbocycles. The van der Waals surface area contributed by atoms with Gasteiger partial charge in [-0.25, -0.2) is 0 Å². The van der Waals surface area contributed by atoms with Crippen LogP contribution in [0.5, 0.6) is 0 Å². The molecule has 1 saturated heterocycles. The second-order valence-electron chi connectivity index (χ2n) is 4.38. The number of Topliss-reactive ketones (excluding diaryl/α,β-unsaturated/α-hetero) is 1. The minimum atomic E-state index is -0.246. The van der Waals surface area contributed by atoms with Gasteiger partial charge < -0.3 is 5.11 Å². The minimum absolute atomic E-state index is 0.223. The van der Waals surface area contributed by atoms with E-state index >= 15 is 0 Å². The van der Waals surface area contributed by atoms with Crippen molar-refractivity contribution in [3.63, 3.8) is 0 Å². The van der Waals surface area contributed by atoms with E-state index in [1.165, 1.54) is 0 Å². The summed E-state index contributed by atoms with van der Waals surface area (Å²) in [6.45, 7) is 1.94. The SMILES string of the molecule is O=C(Cc1ccccc1)CN1CCC(O)C1. The number of rotatable bonds is 4. The highest BCUT2D eigenvalue weighted by molar-refractivity contribution is 5.82.